The molecular formula is C11H8O5S. The Kier molecular flexibility index (Phi) is 2.51. The summed E-state index contributed by atoms with van der Waals surface area (Å²) < 4.78 is 23.0. The van der Waals surface area contributed by atoms with E-state index >= 15 is 0 Å². The Labute approximate surface area is 97.2 Å². The lowest BCUT2D eigenvalue weighted by atomic mass is 10.1. The number of phenolic OH excluding ortho intramolecular Hbond substituents is 1. The molecule has 0 spiro atoms. The van der Waals surface area contributed by atoms with Crippen LogP contribution < -0.4 is 0 Å². The minimum Gasteiger partial charge on any atom is -0.508 e. The topological polar surface area (TPSA) is 91.7 Å². The van der Waals surface area contributed by atoms with Crippen LogP contribution in [0.1, 0.15) is 5.56 Å². The molecule has 1 aromatic carbocycles. The average Bonchev–Trinajstić information content (AvgIpc) is 2.55. The summed E-state index contributed by atoms with van der Waals surface area (Å²) in [7, 11) is -3.86. The Morgan fingerprint density at radius 1 is 1.12 bits per heavy atom. The normalized spacial score (nSPS) is 17.4. The second-order valence-electron chi connectivity index (χ2n) is 3.44. The predicted octanol–water partition coefficient (Wildman–Crippen LogP) is 1.13. The summed E-state index contributed by atoms with van der Waals surface area (Å²) in [5.41, 5.74) is 0.551. The van der Waals surface area contributed by atoms with E-state index < -0.39 is 20.7 Å². The number of carboxylic acid groups (broad SMARTS) is 1. The van der Waals surface area contributed by atoms with Crippen molar-refractivity contribution < 1.29 is 23.4 Å². The maximum absolute atomic E-state index is 11.5. The number of aliphatic carboxylic acids is 1. The van der Waals surface area contributed by atoms with Crippen molar-refractivity contribution in [2.24, 2.45) is 0 Å². The van der Waals surface area contributed by atoms with Crippen molar-refractivity contribution in [3.63, 3.8) is 0 Å². The highest BCUT2D eigenvalue weighted by molar-refractivity contribution is 7.99. The van der Waals surface area contributed by atoms with E-state index in [1.165, 1.54) is 30.3 Å². The molecule has 0 fully saturated rings. The number of aromatic hydroxyl groups is 1. The molecule has 1 aliphatic heterocycles. The third kappa shape index (κ3) is 1.94. The molecule has 2 N–H and O–H groups in total. The molecule has 0 aliphatic carbocycles. The van der Waals surface area contributed by atoms with Gasteiger partial charge in [0.25, 0.3) is 0 Å². The van der Waals surface area contributed by atoms with Crippen molar-refractivity contribution in [2.45, 2.75) is 0 Å². The highest BCUT2D eigenvalue weighted by Gasteiger charge is 2.30. The number of hydrogen-bond acceptors (Lipinski definition) is 4. The van der Waals surface area contributed by atoms with Gasteiger partial charge in [0, 0.05) is 11.0 Å². The fourth-order valence-corrected chi connectivity index (χ4v) is 2.75. The molecule has 0 bridgehead atoms. The maximum atomic E-state index is 11.5. The van der Waals surface area contributed by atoms with Crippen LogP contribution in [0.5, 0.6) is 5.75 Å². The number of rotatable bonds is 2. The van der Waals surface area contributed by atoms with Crippen LogP contribution in [0.15, 0.2) is 40.7 Å². The zero-order chi connectivity index (χ0) is 12.6. The SMILES string of the molecule is O=C(O)C1=C(c2ccc(O)cc2)C=CS1(=O)=O. The first kappa shape index (κ1) is 11.4. The lowest BCUT2D eigenvalue weighted by Crippen LogP contribution is -2.09. The van der Waals surface area contributed by atoms with Crippen LogP contribution >= 0.6 is 0 Å². The number of carbonyl (C=O) groups is 1. The highest BCUT2D eigenvalue weighted by Crippen LogP contribution is 2.31. The lowest BCUT2D eigenvalue weighted by Gasteiger charge is -2.02. The Hall–Kier alpha value is -2.08. The van der Waals surface area contributed by atoms with E-state index in [1.807, 2.05) is 0 Å². The molecule has 0 saturated carbocycles. The molecule has 6 heteroatoms. The standard InChI is InChI=1S/C11H8O5S/c12-8-3-1-7(2-4-8)9-5-6-17(15,16)10(9)11(13)14/h1-6,12H,(H,13,14). The van der Waals surface area contributed by atoms with Gasteiger partial charge in [-0.25, -0.2) is 13.2 Å². The van der Waals surface area contributed by atoms with Gasteiger partial charge < -0.3 is 10.2 Å². The van der Waals surface area contributed by atoms with E-state index in [9.17, 15) is 13.2 Å². The number of hydrogen-bond donors (Lipinski definition) is 2. The quantitative estimate of drug-likeness (QED) is 0.823. The predicted molar refractivity (Wildman–Crippen MR) is 60.7 cm³/mol. The van der Waals surface area contributed by atoms with Crippen molar-refractivity contribution in [1.29, 1.82) is 0 Å². The second-order valence-corrected chi connectivity index (χ2v) is 5.21. The molecule has 0 unspecified atom stereocenters. The fraction of sp³-hybridized carbons (Fsp3) is 0. The van der Waals surface area contributed by atoms with E-state index in [1.54, 1.807) is 0 Å². The van der Waals surface area contributed by atoms with E-state index in [-0.39, 0.29) is 11.3 Å². The van der Waals surface area contributed by atoms with Crippen LogP contribution in [0, 0.1) is 0 Å². The molecule has 0 saturated heterocycles. The third-order valence-corrected chi connectivity index (χ3v) is 3.77. The van der Waals surface area contributed by atoms with Crippen molar-refractivity contribution >= 4 is 21.4 Å². The minimum absolute atomic E-state index is 0.0241. The zero-order valence-electron chi connectivity index (χ0n) is 8.49. The van der Waals surface area contributed by atoms with Gasteiger partial charge in [0.05, 0.1) is 0 Å². The number of allylic oxidation sites excluding steroid dienone is 2. The molecule has 17 heavy (non-hydrogen) atoms. The molecule has 1 aromatic rings. The number of sulfone groups is 1. The van der Waals surface area contributed by atoms with Crippen LogP contribution in [0.2, 0.25) is 0 Å². The van der Waals surface area contributed by atoms with E-state index in [4.69, 9.17) is 10.2 Å². The summed E-state index contributed by atoms with van der Waals surface area (Å²) in [5, 5.41) is 18.9. The van der Waals surface area contributed by atoms with Crippen LogP contribution in [-0.2, 0) is 14.6 Å². The summed E-state index contributed by atoms with van der Waals surface area (Å²) in [5.74, 6) is -1.46. The number of carboxylic acids is 1. The maximum Gasteiger partial charge on any atom is 0.348 e. The second kappa shape index (κ2) is 3.74. The molecule has 2 rings (SSSR count). The van der Waals surface area contributed by atoms with Gasteiger partial charge >= 0.3 is 5.97 Å². The van der Waals surface area contributed by atoms with Gasteiger partial charge in [0.1, 0.15) is 5.75 Å². The first-order chi connectivity index (χ1) is 7.92. The van der Waals surface area contributed by atoms with Crippen molar-refractivity contribution in [2.75, 3.05) is 0 Å². The van der Waals surface area contributed by atoms with Gasteiger partial charge in [0.2, 0.25) is 9.84 Å². The lowest BCUT2D eigenvalue weighted by molar-refractivity contribution is -0.131. The molecule has 1 aliphatic rings. The van der Waals surface area contributed by atoms with Crippen LogP contribution in [-0.4, -0.2) is 24.6 Å². The van der Waals surface area contributed by atoms with Gasteiger partial charge in [0.15, 0.2) is 4.91 Å². The highest BCUT2D eigenvalue weighted by atomic mass is 32.2. The van der Waals surface area contributed by atoms with Gasteiger partial charge in [-0.1, -0.05) is 12.1 Å². The molecule has 0 atom stereocenters. The largest absolute Gasteiger partial charge is 0.508 e. The summed E-state index contributed by atoms with van der Waals surface area (Å²) in [6.45, 7) is 0. The van der Waals surface area contributed by atoms with Gasteiger partial charge in [-0.3, -0.25) is 0 Å². The van der Waals surface area contributed by atoms with Crippen LogP contribution in [0.3, 0.4) is 0 Å². The van der Waals surface area contributed by atoms with Crippen molar-refractivity contribution in [3.05, 3.63) is 46.2 Å². The van der Waals surface area contributed by atoms with E-state index in [0.29, 0.717) is 5.56 Å². The summed E-state index contributed by atoms with van der Waals surface area (Å²) >= 11 is 0. The summed E-state index contributed by atoms with van der Waals surface area (Å²) in [4.78, 5) is 10.3. The molecule has 0 aromatic heterocycles. The van der Waals surface area contributed by atoms with Crippen molar-refractivity contribution in [3.8, 4) is 5.75 Å². The average molecular weight is 252 g/mol. The van der Waals surface area contributed by atoms with Gasteiger partial charge in [-0.2, -0.15) is 0 Å². The molecule has 1 heterocycles. The molecule has 0 radical (unpaired) electrons. The third-order valence-electron chi connectivity index (χ3n) is 2.32. The Balaban J connectivity index is 2.65. The smallest absolute Gasteiger partial charge is 0.348 e. The van der Waals surface area contributed by atoms with Crippen LogP contribution in [0.25, 0.3) is 5.57 Å². The van der Waals surface area contributed by atoms with Crippen LogP contribution in [0.4, 0.5) is 0 Å². The number of phenols is 1. The van der Waals surface area contributed by atoms with Gasteiger partial charge in [-0.05, 0) is 23.8 Å². The Bertz CT molecular complexity index is 635. The monoisotopic (exact) mass is 252 g/mol. The first-order valence-electron chi connectivity index (χ1n) is 4.62. The minimum atomic E-state index is -3.86. The molecular weight excluding hydrogens is 244 g/mol. The zero-order valence-corrected chi connectivity index (χ0v) is 9.31. The molecule has 88 valence electrons. The Morgan fingerprint density at radius 2 is 1.71 bits per heavy atom. The first-order valence-corrected chi connectivity index (χ1v) is 6.16. The van der Waals surface area contributed by atoms with Gasteiger partial charge in [-0.15, -0.1) is 0 Å². The fourth-order valence-electron chi connectivity index (χ4n) is 1.56. The molecule has 5 nitrogen and oxygen atoms in total. The Morgan fingerprint density at radius 3 is 2.24 bits per heavy atom. The van der Waals surface area contributed by atoms with Crippen molar-refractivity contribution in [1.82, 2.24) is 0 Å². The van der Waals surface area contributed by atoms with E-state index in [2.05, 4.69) is 0 Å². The van der Waals surface area contributed by atoms with E-state index in [0.717, 1.165) is 5.41 Å². The summed E-state index contributed by atoms with van der Waals surface area (Å²) in [6.07, 6.45) is 1.24. The number of benzene rings is 1. The molecule has 0 amide bonds. The summed E-state index contributed by atoms with van der Waals surface area (Å²) in [6, 6.07) is 5.64.